The first-order chi connectivity index (χ1) is 8.91. The fraction of sp³-hybridized carbons (Fsp3) is 0.909. The molecule has 8 heteroatoms. The molecule has 1 aliphatic rings. The molecule has 1 aliphatic heterocycles. The van der Waals surface area contributed by atoms with Crippen LogP contribution in [0.25, 0.3) is 0 Å². The molecule has 1 saturated heterocycles. The topological polar surface area (TPSA) is 91.3 Å². The van der Waals surface area contributed by atoms with Crippen molar-refractivity contribution in [3.63, 3.8) is 0 Å². The van der Waals surface area contributed by atoms with Gasteiger partial charge in [0, 0.05) is 6.42 Å². The van der Waals surface area contributed by atoms with E-state index < -0.39 is 32.1 Å². The molecule has 7 nitrogen and oxygen atoms in total. The van der Waals surface area contributed by atoms with Crippen molar-refractivity contribution in [1.82, 2.24) is 0 Å². The third-order valence-corrected chi connectivity index (χ3v) is 4.73. The molecule has 0 aromatic heterocycles. The second-order valence-corrected chi connectivity index (χ2v) is 6.31. The van der Waals surface area contributed by atoms with Gasteiger partial charge in [0.05, 0.1) is 25.5 Å². The molecule has 0 aromatic rings. The summed E-state index contributed by atoms with van der Waals surface area (Å²) in [6.07, 6.45) is -1.79. The van der Waals surface area contributed by atoms with Crippen molar-refractivity contribution >= 4 is 13.6 Å². The summed E-state index contributed by atoms with van der Waals surface area (Å²) >= 11 is 0. The van der Waals surface area contributed by atoms with Crippen LogP contribution in [0.4, 0.5) is 0 Å². The van der Waals surface area contributed by atoms with Crippen molar-refractivity contribution in [1.29, 1.82) is 0 Å². The van der Waals surface area contributed by atoms with Crippen LogP contribution < -0.4 is 0 Å². The van der Waals surface area contributed by atoms with Crippen molar-refractivity contribution in [3.05, 3.63) is 0 Å². The van der Waals surface area contributed by atoms with Crippen molar-refractivity contribution in [2.45, 2.75) is 45.7 Å². The van der Waals surface area contributed by atoms with Crippen molar-refractivity contribution < 1.29 is 33.0 Å². The lowest BCUT2D eigenvalue weighted by Crippen LogP contribution is -2.28. The molecule has 0 saturated carbocycles. The lowest BCUT2D eigenvalue weighted by Gasteiger charge is -2.18. The Morgan fingerprint density at radius 3 is 2.26 bits per heavy atom. The van der Waals surface area contributed by atoms with Gasteiger partial charge in [0.25, 0.3) is 0 Å². The third-order valence-electron chi connectivity index (χ3n) is 2.62. The Balaban J connectivity index is 2.48. The third kappa shape index (κ3) is 4.85. The first-order valence-electron chi connectivity index (χ1n) is 6.33. The van der Waals surface area contributed by atoms with Gasteiger partial charge in [0.2, 0.25) is 0 Å². The first-order valence-corrected chi connectivity index (χ1v) is 8.06. The number of ether oxygens (including phenoxy) is 2. The van der Waals surface area contributed by atoms with Gasteiger partial charge in [-0.1, -0.05) is 0 Å². The molecular weight excluding hydrogens is 275 g/mol. The Labute approximate surface area is 112 Å². The SMILES string of the molecule is CCOP(=O)(CC[C@@H]1O[C@H](C(=O)O)[C@@H](C)O1)OCC. The molecule has 0 bridgehead atoms. The van der Waals surface area contributed by atoms with Crippen LogP contribution in [-0.2, 0) is 27.9 Å². The van der Waals surface area contributed by atoms with Gasteiger partial charge in [-0.2, -0.15) is 0 Å². The van der Waals surface area contributed by atoms with Gasteiger partial charge < -0.3 is 23.6 Å². The summed E-state index contributed by atoms with van der Waals surface area (Å²) in [7, 11) is -3.14. The van der Waals surface area contributed by atoms with Gasteiger partial charge in [-0.15, -0.1) is 0 Å². The van der Waals surface area contributed by atoms with Gasteiger partial charge in [0.1, 0.15) is 0 Å². The Hall–Kier alpha value is -0.460. The lowest BCUT2D eigenvalue weighted by molar-refractivity contribution is -0.150. The smallest absolute Gasteiger partial charge is 0.335 e. The van der Waals surface area contributed by atoms with Crippen LogP contribution >= 0.6 is 7.60 Å². The van der Waals surface area contributed by atoms with Crippen LogP contribution in [0.2, 0.25) is 0 Å². The highest BCUT2D eigenvalue weighted by molar-refractivity contribution is 7.53. The monoisotopic (exact) mass is 296 g/mol. The molecule has 0 amide bonds. The summed E-state index contributed by atoms with van der Waals surface area (Å²) in [4.78, 5) is 10.9. The number of carboxylic acid groups (broad SMARTS) is 1. The van der Waals surface area contributed by atoms with Crippen LogP contribution in [0.3, 0.4) is 0 Å². The molecule has 0 radical (unpaired) electrons. The zero-order valence-corrected chi connectivity index (χ0v) is 12.3. The Morgan fingerprint density at radius 1 is 1.26 bits per heavy atom. The minimum Gasteiger partial charge on any atom is -0.479 e. The van der Waals surface area contributed by atoms with Gasteiger partial charge in [0.15, 0.2) is 12.4 Å². The minimum atomic E-state index is -3.14. The highest BCUT2D eigenvalue weighted by Gasteiger charge is 2.39. The molecule has 0 unspecified atom stereocenters. The van der Waals surface area contributed by atoms with E-state index in [1.807, 2.05) is 0 Å². The van der Waals surface area contributed by atoms with Crippen LogP contribution in [0.15, 0.2) is 0 Å². The van der Waals surface area contributed by atoms with E-state index >= 15 is 0 Å². The molecule has 1 fully saturated rings. The number of carboxylic acids is 1. The van der Waals surface area contributed by atoms with E-state index in [2.05, 4.69) is 0 Å². The van der Waals surface area contributed by atoms with E-state index in [0.29, 0.717) is 0 Å². The molecule has 112 valence electrons. The summed E-state index contributed by atoms with van der Waals surface area (Å²) in [6, 6.07) is 0. The van der Waals surface area contributed by atoms with Gasteiger partial charge in [-0.25, -0.2) is 4.79 Å². The number of aliphatic carboxylic acids is 1. The summed E-state index contributed by atoms with van der Waals surface area (Å²) < 4.78 is 33.1. The highest BCUT2D eigenvalue weighted by Crippen LogP contribution is 2.49. The summed E-state index contributed by atoms with van der Waals surface area (Å²) in [6.45, 7) is 5.67. The fourth-order valence-electron chi connectivity index (χ4n) is 1.84. The maximum atomic E-state index is 12.2. The predicted molar refractivity (Wildman–Crippen MR) is 67.2 cm³/mol. The fourth-order valence-corrected chi connectivity index (χ4v) is 3.48. The lowest BCUT2D eigenvalue weighted by atomic mass is 10.2. The normalized spacial score (nSPS) is 27.6. The highest BCUT2D eigenvalue weighted by atomic mass is 31.2. The van der Waals surface area contributed by atoms with Gasteiger partial charge in [-0.3, -0.25) is 4.57 Å². The molecule has 0 aromatic carbocycles. The molecule has 0 spiro atoms. The molecule has 0 aliphatic carbocycles. The van der Waals surface area contributed by atoms with Crippen molar-refractivity contribution in [3.8, 4) is 0 Å². The summed E-state index contributed by atoms with van der Waals surface area (Å²) in [5, 5.41) is 8.89. The van der Waals surface area contributed by atoms with Crippen LogP contribution in [0.5, 0.6) is 0 Å². The van der Waals surface area contributed by atoms with E-state index in [0.717, 1.165) is 0 Å². The van der Waals surface area contributed by atoms with E-state index in [-0.39, 0.29) is 25.8 Å². The molecular formula is C11H21O7P. The minimum absolute atomic E-state index is 0.137. The first kappa shape index (κ1) is 16.6. The zero-order chi connectivity index (χ0) is 14.5. The molecule has 3 atom stereocenters. The predicted octanol–water partition coefficient (Wildman–Crippen LogP) is 1.86. The molecule has 1 heterocycles. The number of hydrogen-bond acceptors (Lipinski definition) is 6. The summed E-state index contributed by atoms with van der Waals surface area (Å²) in [5.41, 5.74) is 0. The van der Waals surface area contributed by atoms with Gasteiger partial charge >= 0.3 is 13.6 Å². The average molecular weight is 296 g/mol. The number of hydrogen-bond donors (Lipinski definition) is 1. The van der Waals surface area contributed by atoms with Gasteiger partial charge in [-0.05, 0) is 20.8 Å². The molecule has 1 N–H and O–H groups in total. The largest absolute Gasteiger partial charge is 0.479 e. The van der Waals surface area contributed by atoms with Crippen molar-refractivity contribution in [2.24, 2.45) is 0 Å². The van der Waals surface area contributed by atoms with Crippen LogP contribution in [-0.4, -0.2) is 48.9 Å². The number of carbonyl (C=O) groups is 1. The maximum Gasteiger partial charge on any atom is 0.335 e. The van der Waals surface area contributed by atoms with Crippen molar-refractivity contribution in [2.75, 3.05) is 19.4 Å². The Kier molecular flexibility index (Phi) is 6.42. The van der Waals surface area contributed by atoms with E-state index in [1.54, 1.807) is 20.8 Å². The summed E-state index contributed by atoms with van der Waals surface area (Å²) in [5.74, 6) is -1.06. The van der Waals surface area contributed by atoms with E-state index in [4.69, 9.17) is 23.6 Å². The quantitative estimate of drug-likeness (QED) is 0.683. The zero-order valence-electron chi connectivity index (χ0n) is 11.4. The Morgan fingerprint density at radius 2 is 1.84 bits per heavy atom. The molecule has 1 rings (SSSR count). The van der Waals surface area contributed by atoms with E-state index in [9.17, 15) is 9.36 Å². The molecule has 19 heavy (non-hydrogen) atoms. The van der Waals surface area contributed by atoms with Crippen LogP contribution in [0.1, 0.15) is 27.2 Å². The van der Waals surface area contributed by atoms with Crippen LogP contribution in [0, 0.1) is 0 Å². The maximum absolute atomic E-state index is 12.2. The standard InChI is InChI=1S/C11H21O7P/c1-4-15-19(14,16-5-2)7-6-9-17-8(3)10(18-9)11(12)13/h8-10H,4-7H2,1-3H3,(H,12,13)/t8-,9+,10+/m1/s1. The average Bonchev–Trinajstić information content (AvgIpc) is 2.69. The second kappa shape index (κ2) is 7.36. The second-order valence-electron chi connectivity index (χ2n) is 4.12. The Bertz CT molecular complexity index is 336. The van der Waals surface area contributed by atoms with E-state index in [1.165, 1.54) is 0 Å². The number of rotatable bonds is 8.